The van der Waals surface area contributed by atoms with Crippen molar-refractivity contribution in [3.8, 4) is 11.5 Å². The SMILES string of the molecule is CC(=N[S+]([O-])C(C)(C)C)c1cc(C)cc2c1nc(N1CCCCC1)n1nc(-c3cscn3)nc21. The van der Waals surface area contributed by atoms with Crippen LogP contribution in [-0.4, -0.2) is 52.7 Å². The lowest BCUT2D eigenvalue weighted by Gasteiger charge is -2.28. The zero-order valence-corrected chi connectivity index (χ0v) is 21.8. The van der Waals surface area contributed by atoms with E-state index in [1.807, 2.05) is 44.5 Å². The number of fused-ring (bicyclic) bond motifs is 3. The topological polar surface area (TPSA) is 94.6 Å². The molecule has 178 valence electrons. The fourth-order valence-corrected chi connectivity index (χ4v) is 5.31. The Kier molecular flexibility index (Phi) is 6.07. The van der Waals surface area contributed by atoms with Crippen LogP contribution in [0.25, 0.3) is 28.1 Å². The van der Waals surface area contributed by atoms with Crippen molar-refractivity contribution in [2.45, 2.75) is 58.6 Å². The van der Waals surface area contributed by atoms with Gasteiger partial charge in [0, 0.05) is 29.4 Å². The summed E-state index contributed by atoms with van der Waals surface area (Å²) in [5.74, 6) is 1.38. The first kappa shape index (κ1) is 23.2. The number of hydrogen-bond donors (Lipinski definition) is 0. The minimum absolute atomic E-state index is 0.435. The van der Waals surface area contributed by atoms with Gasteiger partial charge in [0.15, 0.2) is 5.65 Å². The second kappa shape index (κ2) is 8.90. The highest BCUT2D eigenvalue weighted by Crippen LogP contribution is 2.31. The number of nitrogens with zero attached hydrogens (tertiary/aromatic N) is 7. The number of aryl methyl sites for hydroxylation is 1. The molecule has 1 fully saturated rings. The number of aromatic nitrogens is 5. The van der Waals surface area contributed by atoms with E-state index >= 15 is 0 Å². The molecular weight excluding hydrogens is 466 g/mol. The highest BCUT2D eigenvalue weighted by atomic mass is 32.2. The average molecular weight is 496 g/mol. The van der Waals surface area contributed by atoms with Gasteiger partial charge in [0.1, 0.15) is 21.8 Å². The summed E-state index contributed by atoms with van der Waals surface area (Å²) in [5.41, 5.74) is 6.77. The number of hydrogen-bond acceptors (Lipinski definition) is 8. The molecule has 1 saturated heterocycles. The summed E-state index contributed by atoms with van der Waals surface area (Å²) in [5, 5.41) is 7.69. The van der Waals surface area contributed by atoms with E-state index in [2.05, 4.69) is 26.4 Å². The second-order valence-electron chi connectivity index (χ2n) is 9.75. The highest BCUT2D eigenvalue weighted by Gasteiger charge is 2.28. The number of piperidine rings is 1. The Hall–Kier alpha value is -2.56. The number of thiazole rings is 1. The quantitative estimate of drug-likeness (QED) is 0.293. The average Bonchev–Trinajstić information content (AvgIpc) is 3.48. The van der Waals surface area contributed by atoms with E-state index < -0.39 is 16.1 Å². The molecule has 1 aromatic carbocycles. The third-order valence-electron chi connectivity index (χ3n) is 5.94. The Balaban J connectivity index is 1.78. The molecule has 1 unspecified atom stereocenters. The van der Waals surface area contributed by atoms with E-state index in [1.165, 1.54) is 17.8 Å². The van der Waals surface area contributed by atoms with Crippen molar-refractivity contribution in [1.82, 2.24) is 24.6 Å². The molecule has 8 nitrogen and oxygen atoms in total. The van der Waals surface area contributed by atoms with Gasteiger partial charge in [-0.05, 0) is 71.6 Å². The highest BCUT2D eigenvalue weighted by molar-refractivity contribution is 7.91. The van der Waals surface area contributed by atoms with Gasteiger partial charge in [-0.15, -0.1) is 16.4 Å². The van der Waals surface area contributed by atoms with Gasteiger partial charge < -0.3 is 9.45 Å². The van der Waals surface area contributed by atoms with Crippen molar-refractivity contribution >= 4 is 50.9 Å². The van der Waals surface area contributed by atoms with Crippen LogP contribution in [0.2, 0.25) is 0 Å². The first-order chi connectivity index (χ1) is 16.2. The Labute approximate surface area is 206 Å². The summed E-state index contributed by atoms with van der Waals surface area (Å²) >= 11 is 0.165. The van der Waals surface area contributed by atoms with E-state index in [0.29, 0.717) is 11.5 Å². The van der Waals surface area contributed by atoms with Gasteiger partial charge in [-0.3, -0.25) is 0 Å². The zero-order valence-electron chi connectivity index (χ0n) is 20.2. The summed E-state index contributed by atoms with van der Waals surface area (Å²) in [6.07, 6.45) is 3.48. The van der Waals surface area contributed by atoms with E-state index in [1.54, 1.807) is 5.51 Å². The molecule has 3 aromatic heterocycles. The maximum absolute atomic E-state index is 12.8. The van der Waals surface area contributed by atoms with E-state index in [4.69, 9.17) is 15.1 Å². The van der Waals surface area contributed by atoms with E-state index in [-0.39, 0.29) is 0 Å². The molecule has 0 radical (unpaired) electrons. The predicted octanol–water partition coefficient (Wildman–Crippen LogP) is 4.97. The largest absolute Gasteiger partial charge is 0.591 e. The first-order valence-electron chi connectivity index (χ1n) is 11.5. The van der Waals surface area contributed by atoms with Gasteiger partial charge in [-0.25, -0.2) is 15.0 Å². The van der Waals surface area contributed by atoms with Gasteiger partial charge in [0.25, 0.3) is 0 Å². The van der Waals surface area contributed by atoms with Gasteiger partial charge in [0.05, 0.1) is 16.7 Å². The number of anilines is 1. The van der Waals surface area contributed by atoms with Crippen molar-refractivity contribution < 1.29 is 4.55 Å². The van der Waals surface area contributed by atoms with Crippen LogP contribution in [0.4, 0.5) is 5.95 Å². The molecule has 0 spiro atoms. The minimum Gasteiger partial charge on any atom is -0.591 e. The van der Waals surface area contributed by atoms with E-state index in [9.17, 15) is 4.55 Å². The predicted molar refractivity (Wildman–Crippen MR) is 140 cm³/mol. The van der Waals surface area contributed by atoms with Crippen LogP contribution >= 0.6 is 11.3 Å². The summed E-state index contributed by atoms with van der Waals surface area (Å²) < 4.78 is 18.8. The molecule has 34 heavy (non-hydrogen) atoms. The van der Waals surface area contributed by atoms with Crippen molar-refractivity contribution in [1.29, 1.82) is 0 Å². The van der Waals surface area contributed by atoms with Crippen LogP contribution < -0.4 is 4.90 Å². The minimum atomic E-state index is -1.36. The molecule has 1 atom stereocenters. The Bertz CT molecular complexity index is 1370. The fourth-order valence-electron chi connectivity index (χ4n) is 4.16. The molecule has 1 aliphatic heterocycles. The number of rotatable bonds is 4. The van der Waals surface area contributed by atoms with Crippen LogP contribution in [0.5, 0.6) is 0 Å². The van der Waals surface area contributed by atoms with Gasteiger partial charge in [0.2, 0.25) is 11.8 Å². The smallest absolute Gasteiger partial charge is 0.229 e. The molecule has 0 saturated carbocycles. The lowest BCUT2D eigenvalue weighted by molar-refractivity contribution is 0.561. The van der Waals surface area contributed by atoms with Crippen LogP contribution in [0, 0.1) is 6.92 Å². The van der Waals surface area contributed by atoms with Crippen LogP contribution in [0.3, 0.4) is 0 Å². The molecule has 1 aliphatic rings. The maximum Gasteiger partial charge on any atom is 0.229 e. The summed E-state index contributed by atoms with van der Waals surface area (Å²) in [4.78, 5) is 16.8. The summed E-state index contributed by atoms with van der Waals surface area (Å²) in [6, 6.07) is 4.16. The summed E-state index contributed by atoms with van der Waals surface area (Å²) in [6.45, 7) is 11.6. The Morgan fingerprint density at radius 3 is 2.59 bits per heavy atom. The maximum atomic E-state index is 12.8. The molecule has 0 bridgehead atoms. The molecule has 10 heteroatoms. The Morgan fingerprint density at radius 1 is 1.15 bits per heavy atom. The zero-order chi connectivity index (χ0) is 24.0. The molecule has 0 amide bonds. The van der Waals surface area contributed by atoms with Crippen molar-refractivity contribution in [2.75, 3.05) is 18.0 Å². The van der Waals surface area contributed by atoms with Crippen LogP contribution in [0.15, 0.2) is 27.4 Å². The van der Waals surface area contributed by atoms with Gasteiger partial charge >= 0.3 is 0 Å². The first-order valence-corrected chi connectivity index (χ1v) is 13.6. The van der Waals surface area contributed by atoms with Crippen molar-refractivity contribution in [3.05, 3.63) is 34.2 Å². The molecule has 4 heterocycles. The second-order valence-corrected chi connectivity index (χ2v) is 12.4. The third-order valence-corrected chi connectivity index (χ3v) is 8.01. The normalized spacial score (nSPS) is 16.5. The van der Waals surface area contributed by atoms with Crippen molar-refractivity contribution in [3.63, 3.8) is 0 Å². The van der Waals surface area contributed by atoms with Crippen LogP contribution in [0.1, 0.15) is 58.1 Å². The molecule has 0 N–H and O–H groups in total. The van der Waals surface area contributed by atoms with Gasteiger partial charge in [-0.2, -0.15) is 4.52 Å². The molecule has 0 aliphatic carbocycles. The molecule has 4 aromatic rings. The Morgan fingerprint density at radius 2 is 1.91 bits per heavy atom. The molecular formula is C24H29N7OS2. The number of benzene rings is 1. The lowest BCUT2D eigenvalue weighted by atomic mass is 10.0. The monoisotopic (exact) mass is 495 g/mol. The molecule has 5 rings (SSSR count). The van der Waals surface area contributed by atoms with Crippen LogP contribution in [-0.2, 0) is 11.4 Å². The fraction of sp³-hybridized carbons (Fsp3) is 0.458. The third kappa shape index (κ3) is 4.30. The van der Waals surface area contributed by atoms with Gasteiger partial charge in [-0.1, -0.05) is 4.40 Å². The lowest BCUT2D eigenvalue weighted by Crippen LogP contribution is -2.32. The summed E-state index contributed by atoms with van der Waals surface area (Å²) in [7, 11) is 0. The standard InChI is InChI=1S/C24H29N7OS2/c1-15-11-17(16(2)29-34(32)24(3,4)5)20-18(12-15)22-27-21(19-13-33-14-25-19)28-31(22)23(26-20)30-9-7-6-8-10-30/h11-14H,6-10H2,1-5H3. The van der Waals surface area contributed by atoms with Crippen molar-refractivity contribution in [2.24, 2.45) is 4.40 Å². The van der Waals surface area contributed by atoms with E-state index in [0.717, 1.165) is 65.3 Å².